The van der Waals surface area contributed by atoms with E-state index in [0.717, 1.165) is 24.8 Å². The Balaban J connectivity index is 2.26. The minimum Gasteiger partial charge on any atom is -0.294 e. The third-order valence-electron chi connectivity index (χ3n) is 4.98. The van der Waals surface area contributed by atoms with Crippen LogP contribution in [0, 0.1) is 16.7 Å². The van der Waals surface area contributed by atoms with E-state index in [4.69, 9.17) is 4.89 Å². The minimum absolute atomic E-state index is 0.00160. The summed E-state index contributed by atoms with van der Waals surface area (Å²) in [5.41, 5.74) is 0.665. The normalized spacial score (nSPS) is 38.0. The van der Waals surface area contributed by atoms with Gasteiger partial charge in [-0.1, -0.05) is 32.1 Å². The van der Waals surface area contributed by atoms with E-state index in [0.29, 0.717) is 18.3 Å². The summed E-state index contributed by atoms with van der Waals surface area (Å²) < 4.78 is 0. The molecule has 1 unspecified atom stereocenters. The summed E-state index contributed by atoms with van der Waals surface area (Å²) in [6.07, 6.45) is 9.23. The molecule has 0 bridgehead atoms. The maximum absolute atomic E-state index is 12.5. The Kier molecular flexibility index (Phi) is 3.98. The third-order valence-corrected chi connectivity index (χ3v) is 4.98. The molecule has 106 valence electrons. The lowest BCUT2D eigenvalue weighted by Gasteiger charge is -2.50. The van der Waals surface area contributed by atoms with Crippen molar-refractivity contribution in [2.75, 3.05) is 13.7 Å². The highest BCUT2D eigenvalue weighted by Gasteiger charge is 2.51. The van der Waals surface area contributed by atoms with Crippen molar-refractivity contribution in [1.82, 2.24) is 0 Å². The molecular weight excluding hydrogens is 240 g/mol. The largest absolute Gasteiger partial charge is 0.294 e. The van der Waals surface area contributed by atoms with Crippen molar-refractivity contribution in [2.45, 2.75) is 40.0 Å². The van der Waals surface area contributed by atoms with E-state index in [1.807, 2.05) is 6.92 Å². The molecule has 3 nitrogen and oxygen atoms in total. The number of carbonyl (C=O) groups excluding carboxylic acids is 1. The van der Waals surface area contributed by atoms with Crippen molar-refractivity contribution in [3.63, 3.8) is 0 Å². The van der Waals surface area contributed by atoms with Gasteiger partial charge in [0.2, 0.25) is 0 Å². The number of carbonyl (C=O) groups is 1. The van der Waals surface area contributed by atoms with Crippen LogP contribution in [0.4, 0.5) is 0 Å². The van der Waals surface area contributed by atoms with E-state index in [1.54, 1.807) is 0 Å². The van der Waals surface area contributed by atoms with Crippen LogP contribution in [0.1, 0.15) is 40.0 Å². The first-order valence-corrected chi connectivity index (χ1v) is 6.99. The highest BCUT2D eigenvalue weighted by atomic mass is 17.2. The smallest absolute Gasteiger partial charge is 0.164 e. The van der Waals surface area contributed by atoms with Crippen LogP contribution in [0.3, 0.4) is 0 Å². The van der Waals surface area contributed by atoms with Gasteiger partial charge < -0.3 is 0 Å². The molecule has 0 aromatic heterocycles. The van der Waals surface area contributed by atoms with E-state index >= 15 is 0 Å². The maximum Gasteiger partial charge on any atom is 0.164 e. The average molecular weight is 264 g/mol. The first kappa shape index (κ1) is 14.5. The Morgan fingerprint density at radius 3 is 2.84 bits per heavy atom. The van der Waals surface area contributed by atoms with Crippen LogP contribution in [0.2, 0.25) is 0 Å². The SMILES string of the molecule is COOCC[C@]1(C)C=CC[C@]2(C)C(=O)C(C)=CCC12. The lowest BCUT2D eigenvalue weighted by Crippen LogP contribution is -2.48. The summed E-state index contributed by atoms with van der Waals surface area (Å²) in [7, 11) is 1.53. The van der Waals surface area contributed by atoms with Crippen molar-refractivity contribution in [3.05, 3.63) is 23.8 Å². The summed E-state index contributed by atoms with van der Waals surface area (Å²) in [6.45, 7) is 6.84. The molecular formula is C16H24O3. The first-order chi connectivity index (χ1) is 8.94. The van der Waals surface area contributed by atoms with Crippen LogP contribution in [-0.2, 0) is 14.6 Å². The number of Topliss-reactive ketones (excluding diaryl/α,β-unsaturated/α-hetero) is 1. The van der Waals surface area contributed by atoms with Crippen LogP contribution in [-0.4, -0.2) is 19.5 Å². The molecule has 0 aromatic rings. The molecule has 0 saturated heterocycles. The zero-order valence-electron chi connectivity index (χ0n) is 12.4. The quantitative estimate of drug-likeness (QED) is 0.337. The lowest BCUT2D eigenvalue weighted by atomic mass is 9.53. The number of allylic oxidation sites excluding steroid dienone is 4. The van der Waals surface area contributed by atoms with Gasteiger partial charge >= 0.3 is 0 Å². The van der Waals surface area contributed by atoms with Crippen LogP contribution in [0.15, 0.2) is 23.8 Å². The summed E-state index contributed by atoms with van der Waals surface area (Å²) in [6, 6.07) is 0. The summed E-state index contributed by atoms with van der Waals surface area (Å²) in [4.78, 5) is 22.2. The van der Waals surface area contributed by atoms with Crippen LogP contribution in [0.25, 0.3) is 0 Å². The van der Waals surface area contributed by atoms with Gasteiger partial charge in [0.25, 0.3) is 0 Å². The first-order valence-electron chi connectivity index (χ1n) is 6.99. The van der Waals surface area contributed by atoms with Gasteiger partial charge in [-0.3, -0.25) is 4.79 Å². The molecule has 0 saturated carbocycles. The minimum atomic E-state index is -0.255. The van der Waals surface area contributed by atoms with E-state index < -0.39 is 0 Å². The Morgan fingerprint density at radius 1 is 1.42 bits per heavy atom. The Hall–Kier alpha value is -0.930. The topological polar surface area (TPSA) is 35.5 Å². The van der Waals surface area contributed by atoms with E-state index in [1.165, 1.54) is 7.11 Å². The van der Waals surface area contributed by atoms with Crippen molar-refractivity contribution in [1.29, 1.82) is 0 Å². The van der Waals surface area contributed by atoms with E-state index in [9.17, 15) is 4.79 Å². The fraction of sp³-hybridized carbons (Fsp3) is 0.688. The fourth-order valence-electron chi connectivity index (χ4n) is 3.78. The molecule has 0 radical (unpaired) electrons. The lowest BCUT2D eigenvalue weighted by molar-refractivity contribution is -0.276. The molecule has 19 heavy (non-hydrogen) atoms. The van der Waals surface area contributed by atoms with Crippen molar-refractivity contribution < 1.29 is 14.6 Å². The van der Waals surface area contributed by atoms with Gasteiger partial charge in [-0.15, -0.1) is 0 Å². The molecule has 2 rings (SSSR count). The van der Waals surface area contributed by atoms with Gasteiger partial charge in [0.05, 0.1) is 13.7 Å². The van der Waals surface area contributed by atoms with E-state index in [2.05, 4.69) is 37.0 Å². The van der Waals surface area contributed by atoms with Gasteiger partial charge in [0, 0.05) is 5.41 Å². The molecule has 3 heteroatoms. The second-order valence-corrected chi connectivity index (χ2v) is 6.27. The second-order valence-electron chi connectivity index (χ2n) is 6.27. The number of hydrogen-bond acceptors (Lipinski definition) is 3. The highest BCUT2D eigenvalue weighted by molar-refractivity contribution is 6.00. The Labute approximate surface area is 115 Å². The van der Waals surface area contributed by atoms with Crippen LogP contribution >= 0.6 is 0 Å². The summed E-state index contributed by atoms with van der Waals surface area (Å²) in [5.74, 6) is 0.661. The molecule has 2 aliphatic rings. The van der Waals surface area contributed by atoms with E-state index in [-0.39, 0.29) is 10.8 Å². The molecule has 0 fully saturated rings. The molecule has 0 aliphatic heterocycles. The molecule has 0 aromatic carbocycles. The molecule has 0 amide bonds. The van der Waals surface area contributed by atoms with Crippen molar-refractivity contribution in [2.24, 2.45) is 16.7 Å². The summed E-state index contributed by atoms with van der Waals surface area (Å²) >= 11 is 0. The third kappa shape index (κ3) is 2.41. The second kappa shape index (κ2) is 5.22. The predicted octanol–water partition coefficient (Wildman–Crippen LogP) is 3.46. The molecule has 2 aliphatic carbocycles. The molecule has 0 N–H and O–H groups in total. The van der Waals surface area contributed by atoms with Crippen molar-refractivity contribution >= 4 is 5.78 Å². The average Bonchev–Trinajstić information content (AvgIpc) is 2.36. The van der Waals surface area contributed by atoms with Crippen molar-refractivity contribution in [3.8, 4) is 0 Å². The van der Waals surface area contributed by atoms with Gasteiger partial charge in [-0.05, 0) is 43.1 Å². The van der Waals surface area contributed by atoms with Gasteiger partial charge in [0.15, 0.2) is 5.78 Å². The Morgan fingerprint density at radius 2 is 2.16 bits per heavy atom. The number of ketones is 1. The number of rotatable bonds is 4. The molecule has 0 spiro atoms. The summed E-state index contributed by atoms with van der Waals surface area (Å²) in [5, 5.41) is 0. The van der Waals surface area contributed by atoms with Gasteiger partial charge in [-0.25, -0.2) is 9.78 Å². The standard InChI is InChI=1S/C16H24O3/c1-12-6-7-13-15(2,10-11-19-18-4)8-5-9-16(13,3)14(12)17/h5-6,8,13H,7,9-11H2,1-4H3/t13?,15-,16-/m0/s1. The number of fused-ring (bicyclic) bond motifs is 1. The monoisotopic (exact) mass is 264 g/mol. The molecule has 3 atom stereocenters. The number of hydrogen-bond donors (Lipinski definition) is 0. The van der Waals surface area contributed by atoms with Crippen LogP contribution in [0.5, 0.6) is 0 Å². The highest BCUT2D eigenvalue weighted by Crippen LogP contribution is 2.54. The van der Waals surface area contributed by atoms with Gasteiger partial charge in [0.1, 0.15) is 0 Å². The Bertz CT molecular complexity index is 424. The predicted molar refractivity (Wildman–Crippen MR) is 74.4 cm³/mol. The van der Waals surface area contributed by atoms with Crippen LogP contribution < -0.4 is 0 Å². The fourth-order valence-corrected chi connectivity index (χ4v) is 3.78. The maximum atomic E-state index is 12.5. The zero-order valence-corrected chi connectivity index (χ0v) is 12.4. The molecule has 0 heterocycles. The van der Waals surface area contributed by atoms with Gasteiger partial charge in [-0.2, -0.15) is 0 Å². The zero-order chi connectivity index (χ0) is 14.1.